The fourth-order valence-corrected chi connectivity index (χ4v) is 4.24. The summed E-state index contributed by atoms with van der Waals surface area (Å²) in [5.41, 5.74) is 2.18. The first-order valence-corrected chi connectivity index (χ1v) is 10.5. The van der Waals surface area contributed by atoms with Crippen molar-refractivity contribution in [3.8, 4) is 0 Å². The number of aromatic nitrogens is 5. The maximum absolute atomic E-state index is 13.5. The van der Waals surface area contributed by atoms with Gasteiger partial charge >= 0.3 is 5.69 Å². The Bertz CT molecular complexity index is 1160. The molecule has 3 aromatic rings. The van der Waals surface area contributed by atoms with Crippen LogP contribution in [0.1, 0.15) is 47.9 Å². The van der Waals surface area contributed by atoms with E-state index in [0.717, 1.165) is 24.1 Å². The van der Waals surface area contributed by atoms with Crippen molar-refractivity contribution in [3.63, 3.8) is 0 Å². The summed E-state index contributed by atoms with van der Waals surface area (Å²) >= 11 is 0. The molecule has 0 N–H and O–H groups in total. The third kappa shape index (κ3) is 4.30. The van der Waals surface area contributed by atoms with Crippen molar-refractivity contribution in [2.45, 2.75) is 51.7 Å². The van der Waals surface area contributed by atoms with E-state index in [1.54, 1.807) is 33.3 Å². The topological polar surface area (TPSA) is 78.0 Å². The zero-order valence-electron chi connectivity index (χ0n) is 18.1. The largest absolute Gasteiger partial charge is 0.346 e. The van der Waals surface area contributed by atoms with Gasteiger partial charge in [0.25, 0.3) is 0 Å². The van der Waals surface area contributed by atoms with E-state index in [-0.39, 0.29) is 24.0 Å². The minimum atomic E-state index is -0.590. The van der Waals surface area contributed by atoms with Gasteiger partial charge in [-0.25, -0.2) is 13.9 Å². The molecule has 0 fully saturated rings. The average Bonchev–Trinajstić information content (AvgIpc) is 3.10. The first-order chi connectivity index (χ1) is 14.8. The van der Waals surface area contributed by atoms with E-state index in [1.807, 2.05) is 20.2 Å². The molecule has 0 saturated heterocycles. The van der Waals surface area contributed by atoms with Gasteiger partial charge in [0.15, 0.2) is 0 Å². The van der Waals surface area contributed by atoms with Crippen molar-refractivity contribution >= 4 is 5.91 Å². The summed E-state index contributed by atoms with van der Waals surface area (Å²) in [6, 6.07) is 5.53. The van der Waals surface area contributed by atoms with Crippen LogP contribution in [0.2, 0.25) is 0 Å². The molecule has 1 unspecified atom stereocenters. The van der Waals surface area contributed by atoms with Gasteiger partial charge in [-0.15, -0.1) is 0 Å². The number of fused-ring (bicyclic) bond motifs is 1. The molecule has 4 rings (SSSR count). The molecular weight excluding hydrogens is 399 g/mol. The van der Waals surface area contributed by atoms with Crippen LogP contribution in [0.5, 0.6) is 0 Å². The quantitative estimate of drug-likeness (QED) is 0.627. The number of carbonyl (C=O) groups excluding carboxylic acids is 1. The van der Waals surface area contributed by atoms with Gasteiger partial charge < -0.3 is 4.90 Å². The average molecular weight is 426 g/mol. The summed E-state index contributed by atoms with van der Waals surface area (Å²) in [5, 5.41) is 8.82. The second kappa shape index (κ2) is 8.49. The number of carbonyl (C=O) groups is 1. The lowest BCUT2D eigenvalue weighted by atomic mass is 10.1. The van der Waals surface area contributed by atoms with Crippen LogP contribution < -0.4 is 5.69 Å². The molecule has 0 saturated carbocycles. The van der Waals surface area contributed by atoms with E-state index in [0.29, 0.717) is 30.8 Å². The van der Waals surface area contributed by atoms with E-state index < -0.39 is 6.04 Å². The number of hydrogen-bond acceptors (Lipinski definition) is 4. The molecule has 0 radical (unpaired) electrons. The van der Waals surface area contributed by atoms with Crippen LogP contribution in [0, 0.1) is 12.7 Å². The van der Waals surface area contributed by atoms with Crippen LogP contribution in [0.4, 0.5) is 4.39 Å². The number of nitrogens with zero attached hydrogens (tertiary/aromatic N) is 6. The maximum Gasteiger partial charge on any atom is 0.346 e. The minimum absolute atomic E-state index is 0.112. The zero-order chi connectivity index (χ0) is 22.1. The number of rotatable bonds is 5. The molecule has 1 amide bonds. The maximum atomic E-state index is 13.5. The van der Waals surface area contributed by atoms with E-state index in [2.05, 4.69) is 10.2 Å². The van der Waals surface area contributed by atoms with Crippen LogP contribution in [0.25, 0.3) is 0 Å². The van der Waals surface area contributed by atoms with Gasteiger partial charge in [0.1, 0.15) is 17.7 Å². The highest BCUT2D eigenvalue weighted by Crippen LogP contribution is 2.24. The summed E-state index contributed by atoms with van der Waals surface area (Å²) in [5.74, 6) is 0.147. The fourth-order valence-electron chi connectivity index (χ4n) is 4.24. The Balaban J connectivity index is 1.61. The normalized spacial score (nSPS) is 16.1. The highest BCUT2D eigenvalue weighted by atomic mass is 19.1. The lowest BCUT2D eigenvalue weighted by molar-refractivity contribution is -0.134. The number of likely N-dealkylation sites (N-methyl/N-ethyl adjacent to an activating group) is 1. The fraction of sp³-hybridized carbons (Fsp3) is 0.455. The summed E-state index contributed by atoms with van der Waals surface area (Å²) in [6.45, 7) is 2.51. The molecule has 8 nitrogen and oxygen atoms in total. The second-order valence-electron chi connectivity index (χ2n) is 8.23. The zero-order valence-corrected chi connectivity index (χ0v) is 18.1. The van der Waals surface area contributed by atoms with Gasteiger partial charge in [-0.05, 0) is 37.5 Å². The van der Waals surface area contributed by atoms with Gasteiger partial charge in [0.05, 0.1) is 12.2 Å². The smallest absolute Gasteiger partial charge is 0.339 e. The van der Waals surface area contributed by atoms with Crippen molar-refractivity contribution in [2.75, 3.05) is 7.05 Å². The number of aryl methyl sites for hydroxylation is 3. The van der Waals surface area contributed by atoms with Crippen LogP contribution in [0.3, 0.4) is 0 Å². The Morgan fingerprint density at radius 2 is 2.10 bits per heavy atom. The van der Waals surface area contributed by atoms with Gasteiger partial charge in [0.2, 0.25) is 5.91 Å². The Morgan fingerprint density at radius 1 is 1.29 bits per heavy atom. The molecule has 0 spiro atoms. The molecule has 31 heavy (non-hydrogen) atoms. The van der Waals surface area contributed by atoms with Crippen LogP contribution in [-0.4, -0.2) is 42.0 Å². The van der Waals surface area contributed by atoms with E-state index >= 15 is 0 Å². The molecule has 3 heterocycles. The Morgan fingerprint density at radius 3 is 2.81 bits per heavy atom. The van der Waals surface area contributed by atoms with Gasteiger partial charge in [0, 0.05) is 38.8 Å². The van der Waals surface area contributed by atoms with Crippen molar-refractivity contribution < 1.29 is 9.18 Å². The van der Waals surface area contributed by atoms with E-state index in [1.165, 1.54) is 16.8 Å². The molecule has 0 bridgehead atoms. The van der Waals surface area contributed by atoms with Gasteiger partial charge in [-0.2, -0.15) is 10.2 Å². The first kappa shape index (κ1) is 21.0. The third-order valence-corrected chi connectivity index (χ3v) is 5.79. The molecule has 1 aliphatic rings. The predicted molar refractivity (Wildman–Crippen MR) is 113 cm³/mol. The molecule has 9 heteroatoms. The van der Waals surface area contributed by atoms with E-state index in [9.17, 15) is 14.0 Å². The summed E-state index contributed by atoms with van der Waals surface area (Å²) < 4.78 is 18.2. The van der Waals surface area contributed by atoms with Crippen LogP contribution in [0.15, 0.2) is 35.3 Å². The molecule has 1 atom stereocenters. The van der Waals surface area contributed by atoms with E-state index in [4.69, 9.17) is 0 Å². The molecule has 1 aliphatic heterocycles. The van der Waals surface area contributed by atoms with Crippen molar-refractivity contribution in [2.24, 2.45) is 7.05 Å². The Hall–Kier alpha value is -3.23. The highest BCUT2D eigenvalue weighted by molar-refractivity contribution is 5.80. The SMILES string of the molecule is Cc1nn(C)cc1CN(C)C(=O)C1CCCCc2nn(Cc3cccc(F)c3)c(=O)n21. The first-order valence-electron chi connectivity index (χ1n) is 10.5. The van der Waals surface area contributed by atoms with Gasteiger partial charge in [-0.3, -0.25) is 14.0 Å². The Kier molecular flexibility index (Phi) is 5.75. The predicted octanol–water partition coefficient (Wildman–Crippen LogP) is 2.20. The van der Waals surface area contributed by atoms with Crippen molar-refractivity contribution in [1.29, 1.82) is 0 Å². The number of benzene rings is 1. The second-order valence-corrected chi connectivity index (χ2v) is 8.23. The number of amides is 1. The molecule has 2 aromatic heterocycles. The third-order valence-electron chi connectivity index (χ3n) is 5.79. The lowest BCUT2D eigenvalue weighted by Gasteiger charge is -2.23. The Labute approximate surface area is 179 Å². The monoisotopic (exact) mass is 426 g/mol. The highest BCUT2D eigenvalue weighted by Gasteiger charge is 2.31. The van der Waals surface area contributed by atoms with Crippen molar-refractivity contribution in [3.05, 3.63) is 69.4 Å². The summed E-state index contributed by atoms with van der Waals surface area (Å²) in [4.78, 5) is 28.2. The molecule has 164 valence electrons. The summed E-state index contributed by atoms with van der Waals surface area (Å²) in [7, 11) is 3.60. The number of halogens is 1. The van der Waals surface area contributed by atoms with Crippen LogP contribution in [-0.2, 0) is 31.4 Å². The van der Waals surface area contributed by atoms with Gasteiger partial charge in [-0.1, -0.05) is 18.6 Å². The molecular formula is C22H27FN6O2. The number of hydrogen-bond donors (Lipinski definition) is 0. The van der Waals surface area contributed by atoms with Crippen LogP contribution >= 0.6 is 0 Å². The van der Waals surface area contributed by atoms with Crippen molar-refractivity contribution in [1.82, 2.24) is 29.0 Å². The minimum Gasteiger partial charge on any atom is -0.339 e. The lowest BCUT2D eigenvalue weighted by Crippen LogP contribution is -2.39. The molecule has 1 aromatic carbocycles. The summed E-state index contributed by atoms with van der Waals surface area (Å²) in [6.07, 6.45) is 4.85. The molecule has 0 aliphatic carbocycles. The standard InChI is InChI=1S/C22H27FN6O2/c1-15-17(14-27(3)24-15)13-26(2)21(30)19-9-4-5-10-20-25-28(22(31)29(19)20)12-16-7-6-8-18(23)11-16/h6-8,11,14,19H,4-5,9-10,12-13H2,1-3H3.